The quantitative estimate of drug-likeness (QED) is 0.447. The Morgan fingerprint density at radius 2 is 1.22 bits per heavy atom. The molecule has 0 amide bonds. The highest BCUT2D eigenvalue weighted by Crippen LogP contribution is 2.48. The van der Waals surface area contributed by atoms with E-state index >= 15 is 0 Å². The fourth-order valence-electron chi connectivity index (χ4n) is 4.53. The number of hydrogen-bond donors (Lipinski definition) is 3. The van der Waals surface area contributed by atoms with E-state index in [1.54, 1.807) is 0 Å². The fourth-order valence-corrected chi connectivity index (χ4v) is 4.53. The number of phenols is 2. The molecule has 4 atom stereocenters. The molecule has 32 heavy (non-hydrogen) atoms. The molecule has 1 aliphatic heterocycles. The Morgan fingerprint density at radius 3 is 1.53 bits per heavy atom. The van der Waals surface area contributed by atoms with Gasteiger partial charge in [0.25, 0.3) is 0 Å². The Bertz CT molecular complexity index is 962. The van der Waals surface area contributed by atoms with Crippen LogP contribution in [0.15, 0.2) is 36.4 Å². The Kier molecular flexibility index (Phi) is 6.13. The van der Waals surface area contributed by atoms with Crippen LogP contribution in [0, 0.1) is 25.6 Å². The van der Waals surface area contributed by atoms with Crippen LogP contribution in [0.4, 0.5) is 0 Å². The van der Waals surface area contributed by atoms with E-state index in [-0.39, 0.29) is 23.0 Å². The summed E-state index contributed by atoms with van der Waals surface area (Å²) in [6.45, 7) is 3.01. The van der Waals surface area contributed by atoms with Gasteiger partial charge in [-0.05, 0) is 49.2 Å². The van der Waals surface area contributed by atoms with Crippen LogP contribution in [0.5, 0.6) is 23.0 Å². The van der Waals surface area contributed by atoms with Crippen LogP contribution in [0.1, 0.15) is 37.1 Å². The average Bonchev–Trinajstić information content (AvgIpc) is 2.72. The third-order valence-corrected chi connectivity index (χ3v) is 6.10. The number of hydrogen-bond acceptors (Lipinski definition) is 9. The van der Waals surface area contributed by atoms with Crippen molar-refractivity contribution < 1.29 is 29.5 Å². The minimum Gasteiger partial charge on any atom is -0.504 e. The lowest BCUT2D eigenvalue weighted by molar-refractivity contribution is -0.605. The monoisotopic (exact) mass is 447 g/mol. The summed E-state index contributed by atoms with van der Waals surface area (Å²) in [7, 11) is 2.71. The Labute approximate surface area is 183 Å². The minimum atomic E-state index is -1.39. The van der Waals surface area contributed by atoms with Crippen LogP contribution in [-0.4, -0.2) is 46.4 Å². The molecule has 0 unspecified atom stereocenters. The number of ether oxygens (including phenoxy) is 2. The van der Waals surface area contributed by atoms with Crippen LogP contribution in [0.25, 0.3) is 0 Å². The van der Waals surface area contributed by atoms with Crippen molar-refractivity contribution in [3.05, 3.63) is 67.8 Å². The summed E-state index contributed by atoms with van der Waals surface area (Å²) in [5, 5.41) is 47.2. The van der Waals surface area contributed by atoms with Gasteiger partial charge in [-0.15, -0.1) is 0 Å². The highest BCUT2D eigenvalue weighted by Gasteiger charge is 2.63. The maximum Gasteiger partial charge on any atom is 0.243 e. The van der Waals surface area contributed by atoms with E-state index in [9.17, 15) is 30.4 Å². The van der Waals surface area contributed by atoms with Crippen LogP contribution < -0.4 is 14.8 Å². The predicted molar refractivity (Wildman–Crippen MR) is 113 cm³/mol. The molecule has 1 aliphatic rings. The van der Waals surface area contributed by atoms with Crippen molar-refractivity contribution in [2.45, 2.75) is 38.0 Å². The lowest BCUT2D eigenvalue weighted by atomic mass is 9.66. The number of nitrogens with zero attached hydrogens (tertiary/aromatic N) is 2. The number of nitrogens with one attached hydrogen (secondary N) is 1. The van der Waals surface area contributed by atoms with Gasteiger partial charge >= 0.3 is 0 Å². The highest BCUT2D eigenvalue weighted by atomic mass is 16.6. The number of phenolic OH excluding ortho intramolecular Hbond substituents is 2. The summed E-state index contributed by atoms with van der Waals surface area (Å²) >= 11 is 0. The van der Waals surface area contributed by atoms with E-state index in [4.69, 9.17) is 9.47 Å². The van der Waals surface area contributed by atoms with Crippen molar-refractivity contribution in [1.82, 2.24) is 5.32 Å². The van der Waals surface area contributed by atoms with Crippen molar-refractivity contribution in [2.75, 3.05) is 14.2 Å². The maximum atomic E-state index is 12.1. The van der Waals surface area contributed by atoms with Crippen molar-refractivity contribution in [3.63, 3.8) is 0 Å². The molecule has 0 bridgehead atoms. The van der Waals surface area contributed by atoms with Gasteiger partial charge in [0.2, 0.25) is 12.1 Å². The van der Waals surface area contributed by atoms with Crippen LogP contribution >= 0.6 is 0 Å². The first kappa shape index (κ1) is 23.1. The Hall–Kier alpha value is -3.60. The van der Waals surface area contributed by atoms with Crippen molar-refractivity contribution in [1.29, 1.82) is 0 Å². The maximum absolute atomic E-state index is 12.1. The number of rotatable bonds is 6. The third kappa shape index (κ3) is 3.86. The molecule has 3 N–H and O–H groups in total. The van der Waals surface area contributed by atoms with E-state index in [1.807, 2.05) is 0 Å². The molecule has 0 aliphatic carbocycles. The zero-order valence-electron chi connectivity index (χ0n) is 18.0. The molecular formula is C21H25N3O8. The first-order valence-electron chi connectivity index (χ1n) is 9.79. The second-order valence-electron chi connectivity index (χ2n) is 8.27. The van der Waals surface area contributed by atoms with Gasteiger partial charge in [0.15, 0.2) is 23.0 Å². The highest BCUT2D eigenvalue weighted by molar-refractivity contribution is 5.45. The number of benzene rings is 2. The summed E-state index contributed by atoms with van der Waals surface area (Å²) in [6.07, 6.45) is 0. The summed E-state index contributed by atoms with van der Waals surface area (Å²) < 4.78 is 10.3. The van der Waals surface area contributed by atoms with E-state index in [0.717, 1.165) is 0 Å². The minimum absolute atomic E-state index is 0.128. The Morgan fingerprint density at radius 1 is 0.844 bits per heavy atom. The average molecular weight is 447 g/mol. The smallest absolute Gasteiger partial charge is 0.243 e. The van der Waals surface area contributed by atoms with Gasteiger partial charge in [-0.3, -0.25) is 25.5 Å². The molecule has 0 radical (unpaired) electrons. The molecule has 0 spiro atoms. The van der Waals surface area contributed by atoms with Crippen molar-refractivity contribution >= 4 is 0 Å². The van der Waals surface area contributed by atoms with Crippen molar-refractivity contribution in [2.24, 2.45) is 5.41 Å². The largest absolute Gasteiger partial charge is 0.504 e. The first-order chi connectivity index (χ1) is 15.0. The molecule has 11 heteroatoms. The Balaban J connectivity index is 2.20. The van der Waals surface area contributed by atoms with Crippen molar-refractivity contribution in [3.8, 4) is 23.0 Å². The number of nitro groups is 2. The summed E-state index contributed by atoms with van der Waals surface area (Å²) in [5.74, 6) is -0.00848. The topological polar surface area (TPSA) is 157 Å². The summed E-state index contributed by atoms with van der Waals surface area (Å²) in [5.41, 5.74) is -0.511. The van der Waals surface area contributed by atoms with Gasteiger partial charge < -0.3 is 19.7 Å². The lowest BCUT2D eigenvalue weighted by Gasteiger charge is -2.44. The molecule has 1 saturated heterocycles. The standard InChI is InChI=1S/C21H25N3O8/c1-21(2)19(23(27)28)17(11-5-7-13(25)15(9-11)31-3)22-18(20(21)24(29)30)12-6-8-14(26)16(10-12)32-4/h5-10,17-20,22,25-26H,1-4H3/t17-,18-,19+,20+/m1/s1. The third-order valence-electron chi connectivity index (χ3n) is 6.10. The van der Waals surface area contributed by atoms with Gasteiger partial charge in [-0.1, -0.05) is 12.1 Å². The van der Waals surface area contributed by atoms with Gasteiger partial charge in [0, 0.05) is 9.85 Å². The number of piperidine rings is 1. The van der Waals surface area contributed by atoms with Crippen LogP contribution in [-0.2, 0) is 0 Å². The zero-order valence-corrected chi connectivity index (χ0v) is 18.0. The molecule has 1 fully saturated rings. The molecule has 2 aromatic carbocycles. The number of methoxy groups -OCH3 is 2. The molecule has 0 saturated carbocycles. The second kappa shape index (κ2) is 8.50. The van der Waals surface area contributed by atoms with Gasteiger partial charge in [0.1, 0.15) is 17.5 Å². The van der Waals surface area contributed by atoms with E-state index in [1.165, 1.54) is 64.5 Å². The molecule has 172 valence electrons. The van der Waals surface area contributed by atoms with E-state index < -0.39 is 39.4 Å². The first-order valence-corrected chi connectivity index (χ1v) is 9.79. The molecule has 2 aromatic rings. The molecule has 1 heterocycles. The summed E-state index contributed by atoms with van der Waals surface area (Å²) in [6, 6.07) is 4.11. The summed E-state index contributed by atoms with van der Waals surface area (Å²) in [4.78, 5) is 23.3. The normalized spacial score (nSPS) is 24.5. The van der Waals surface area contributed by atoms with Crippen LogP contribution in [0.3, 0.4) is 0 Å². The van der Waals surface area contributed by atoms with E-state index in [2.05, 4.69) is 5.32 Å². The second-order valence-corrected chi connectivity index (χ2v) is 8.27. The zero-order chi connectivity index (χ0) is 23.8. The SMILES string of the molecule is COc1cc([C@H]2N[C@H](c3ccc(O)c(OC)c3)[C@H]([N+](=O)[O-])C(C)(C)[C@H]2[N+](=O)[O-])ccc1O. The lowest BCUT2D eigenvalue weighted by Crippen LogP contribution is -2.63. The molecule has 11 nitrogen and oxygen atoms in total. The van der Waals surface area contributed by atoms with Gasteiger partial charge in [-0.25, -0.2) is 0 Å². The van der Waals surface area contributed by atoms with Crippen LogP contribution in [0.2, 0.25) is 0 Å². The fraction of sp³-hybridized carbons (Fsp3) is 0.429. The van der Waals surface area contributed by atoms with Gasteiger partial charge in [-0.2, -0.15) is 0 Å². The predicted octanol–water partition coefficient (Wildman–Crippen LogP) is 2.82. The molecule has 3 rings (SSSR count). The molecule has 0 aromatic heterocycles. The molecular weight excluding hydrogens is 422 g/mol. The van der Waals surface area contributed by atoms with Gasteiger partial charge in [0.05, 0.1) is 14.2 Å². The number of aromatic hydroxyl groups is 2. The van der Waals surface area contributed by atoms with E-state index in [0.29, 0.717) is 11.1 Å².